The third-order valence-corrected chi connectivity index (χ3v) is 4.09. The van der Waals surface area contributed by atoms with Crippen molar-refractivity contribution in [2.45, 2.75) is 31.1 Å². The Labute approximate surface area is 111 Å². The van der Waals surface area contributed by atoms with Crippen molar-refractivity contribution in [2.75, 3.05) is 0 Å². The molecule has 1 fully saturated rings. The van der Waals surface area contributed by atoms with Gasteiger partial charge in [0.2, 0.25) is 0 Å². The van der Waals surface area contributed by atoms with Gasteiger partial charge in [0.15, 0.2) is 11.5 Å². The van der Waals surface area contributed by atoms with Crippen LogP contribution in [-0.4, -0.2) is 21.3 Å². The SMILES string of the molecule is O=C(O)C1(c2c(O)c(O)cc(Br)c2F)CCCC1. The molecule has 4 nitrogen and oxygen atoms in total. The number of phenols is 2. The number of carboxylic acids is 1. The van der Waals surface area contributed by atoms with Crippen LogP contribution in [0, 0.1) is 5.82 Å². The first-order valence-electron chi connectivity index (χ1n) is 5.54. The summed E-state index contributed by atoms with van der Waals surface area (Å²) < 4.78 is 14.1. The van der Waals surface area contributed by atoms with Gasteiger partial charge < -0.3 is 15.3 Å². The van der Waals surface area contributed by atoms with Crippen molar-refractivity contribution in [3.8, 4) is 11.5 Å². The van der Waals surface area contributed by atoms with Crippen LogP contribution < -0.4 is 0 Å². The van der Waals surface area contributed by atoms with Crippen molar-refractivity contribution in [3.63, 3.8) is 0 Å². The first-order valence-corrected chi connectivity index (χ1v) is 6.33. The molecule has 1 aliphatic rings. The zero-order valence-corrected chi connectivity index (χ0v) is 11.0. The second-order valence-electron chi connectivity index (χ2n) is 4.51. The molecule has 6 heteroatoms. The molecule has 18 heavy (non-hydrogen) atoms. The van der Waals surface area contributed by atoms with Crippen LogP contribution >= 0.6 is 15.9 Å². The Morgan fingerprint density at radius 3 is 2.39 bits per heavy atom. The summed E-state index contributed by atoms with van der Waals surface area (Å²) >= 11 is 2.91. The highest BCUT2D eigenvalue weighted by molar-refractivity contribution is 9.10. The highest BCUT2D eigenvalue weighted by Crippen LogP contribution is 2.49. The minimum atomic E-state index is -1.45. The molecule has 0 aromatic heterocycles. The van der Waals surface area contributed by atoms with Crippen LogP contribution in [0.25, 0.3) is 0 Å². The maximum atomic E-state index is 14.1. The monoisotopic (exact) mass is 318 g/mol. The summed E-state index contributed by atoms with van der Waals surface area (Å²) in [6.45, 7) is 0. The van der Waals surface area contributed by atoms with Gasteiger partial charge in [0, 0.05) is 6.07 Å². The highest BCUT2D eigenvalue weighted by Gasteiger charge is 2.47. The average Bonchev–Trinajstić information content (AvgIpc) is 2.77. The molecule has 2 rings (SSSR count). The number of benzene rings is 1. The number of phenolic OH excluding ortho intramolecular Hbond substituents is 2. The second-order valence-corrected chi connectivity index (χ2v) is 5.36. The van der Waals surface area contributed by atoms with Crippen LogP contribution in [0.5, 0.6) is 11.5 Å². The molecule has 0 atom stereocenters. The summed E-state index contributed by atoms with van der Waals surface area (Å²) in [5.74, 6) is -3.20. The van der Waals surface area contributed by atoms with Gasteiger partial charge >= 0.3 is 5.97 Å². The van der Waals surface area contributed by atoms with Crippen LogP contribution in [0.4, 0.5) is 4.39 Å². The number of halogens is 2. The summed E-state index contributed by atoms with van der Waals surface area (Å²) in [5, 5.41) is 28.7. The number of carboxylic acid groups (broad SMARTS) is 1. The van der Waals surface area contributed by atoms with E-state index in [1.165, 1.54) is 0 Å². The smallest absolute Gasteiger partial charge is 0.314 e. The minimum absolute atomic E-state index is 0.0553. The van der Waals surface area contributed by atoms with Crippen LogP contribution in [0.1, 0.15) is 31.2 Å². The minimum Gasteiger partial charge on any atom is -0.504 e. The van der Waals surface area contributed by atoms with E-state index in [0.717, 1.165) is 6.07 Å². The molecule has 1 aromatic rings. The van der Waals surface area contributed by atoms with E-state index >= 15 is 0 Å². The third-order valence-electron chi connectivity index (χ3n) is 3.52. The van der Waals surface area contributed by atoms with E-state index in [0.29, 0.717) is 12.8 Å². The van der Waals surface area contributed by atoms with Gasteiger partial charge in [-0.3, -0.25) is 4.79 Å². The molecule has 98 valence electrons. The van der Waals surface area contributed by atoms with Crippen molar-refractivity contribution in [3.05, 3.63) is 21.9 Å². The Morgan fingerprint density at radius 1 is 1.33 bits per heavy atom. The van der Waals surface area contributed by atoms with Crippen LogP contribution in [0.3, 0.4) is 0 Å². The van der Waals surface area contributed by atoms with E-state index in [9.17, 15) is 24.5 Å². The Balaban J connectivity index is 2.73. The highest BCUT2D eigenvalue weighted by atomic mass is 79.9. The molecule has 0 aliphatic heterocycles. The summed E-state index contributed by atoms with van der Waals surface area (Å²) in [7, 11) is 0. The normalized spacial score (nSPS) is 17.9. The third kappa shape index (κ3) is 1.75. The number of hydrogen-bond acceptors (Lipinski definition) is 3. The molecule has 1 saturated carbocycles. The Morgan fingerprint density at radius 2 is 1.89 bits per heavy atom. The van der Waals surface area contributed by atoms with E-state index in [1.807, 2.05) is 0 Å². The van der Waals surface area contributed by atoms with Crippen molar-refractivity contribution in [2.24, 2.45) is 0 Å². The molecule has 1 aromatic carbocycles. The molecule has 0 bridgehead atoms. The maximum absolute atomic E-state index is 14.1. The maximum Gasteiger partial charge on any atom is 0.314 e. The van der Waals surface area contributed by atoms with Gasteiger partial charge in [-0.2, -0.15) is 0 Å². The van der Waals surface area contributed by atoms with E-state index in [-0.39, 0.29) is 22.9 Å². The predicted molar refractivity (Wildman–Crippen MR) is 65.2 cm³/mol. The topological polar surface area (TPSA) is 77.8 Å². The fourth-order valence-electron chi connectivity index (χ4n) is 2.59. The van der Waals surface area contributed by atoms with Crippen molar-refractivity contribution < 1.29 is 24.5 Å². The van der Waals surface area contributed by atoms with Gasteiger partial charge in [-0.1, -0.05) is 12.8 Å². The van der Waals surface area contributed by atoms with Gasteiger partial charge in [0.1, 0.15) is 5.82 Å². The number of aromatic hydroxyl groups is 2. The molecular weight excluding hydrogens is 307 g/mol. The van der Waals surface area contributed by atoms with Gasteiger partial charge in [-0.25, -0.2) is 4.39 Å². The van der Waals surface area contributed by atoms with E-state index < -0.39 is 28.7 Å². The van der Waals surface area contributed by atoms with Crippen molar-refractivity contribution in [1.29, 1.82) is 0 Å². The largest absolute Gasteiger partial charge is 0.504 e. The van der Waals surface area contributed by atoms with Crippen LogP contribution in [-0.2, 0) is 10.2 Å². The molecule has 0 amide bonds. The van der Waals surface area contributed by atoms with Gasteiger partial charge in [0.05, 0.1) is 15.5 Å². The number of rotatable bonds is 2. The summed E-state index contributed by atoms with van der Waals surface area (Å²) in [6.07, 6.45) is 1.81. The van der Waals surface area contributed by atoms with Crippen LogP contribution in [0.15, 0.2) is 10.5 Å². The molecule has 0 unspecified atom stereocenters. The molecule has 0 radical (unpaired) electrons. The molecule has 0 heterocycles. The standard InChI is InChI=1S/C12H12BrFO4/c13-6-5-7(15)10(16)8(9(6)14)12(11(17)18)3-1-2-4-12/h5,15-16H,1-4H2,(H,17,18). The zero-order chi connectivity index (χ0) is 13.5. The molecular formula is C12H12BrFO4. The Kier molecular flexibility index (Phi) is 3.23. The van der Waals surface area contributed by atoms with Crippen molar-refractivity contribution in [1.82, 2.24) is 0 Å². The quantitative estimate of drug-likeness (QED) is 0.733. The number of carbonyl (C=O) groups is 1. The second kappa shape index (κ2) is 4.42. The summed E-state index contributed by atoms with van der Waals surface area (Å²) in [4.78, 5) is 11.5. The first kappa shape index (κ1) is 13.1. The summed E-state index contributed by atoms with van der Waals surface area (Å²) in [5.41, 5.74) is -1.77. The Hall–Kier alpha value is -1.30. The predicted octanol–water partition coefficient (Wildman–Crippen LogP) is 2.90. The zero-order valence-electron chi connectivity index (χ0n) is 9.41. The van der Waals surface area contributed by atoms with Gasteiger partial charge in [-0.05, 0) is 28.8 Å². The molecule has 0 saturated heterocycles. The molecule has 3 N–H and O–H groups in total. The first-order chi connectivity index (χ1) is 8.40. The molecule has 1 aliphatic carbocycles. The lowest BCUT2D eigenvalue weighted by atomic mass is 9.78. The Bertz CT molecular complexity index is 483. The van der Waals surface area contributed by atoms with E-state index in [4.69, 9.17) is 0 Å². The van der Waals surface area contributed by atoms with Gasteiger partial charge in [-0.15, -0.1) is 0 Å². The van der Waals surface area contributed by atoms with Crippen molar-refractivity contribution >= 4 is 21.9 Å². The number of aliphatic carboxylic acids is 1. The van der Waals surface area contributed by atoms with E-state index in [1.54, 1.807) is 0 Å². The fraction of sp³-hybridized carbons (Fsp3) is 0.417. The lowest BCUT2D eigenvalue weighted by Gasteiger charge is -2.26. The van der Waals surface area contributed by atoms with Crippen LogP contribution in [0.2, 0.25) is 0 Å². The average molecular weight is 319 g/mol. The fourth-order valence-corrected chi connectivity index (χ4v) is 3.00. The molecule has 0 spiro atoms. The van der Waals surface area contributed by atoms with Gasteiger partial charge in [0.25, 0.3) is 0 Å². The van der Waals surface area contributed by atoms with E-state index in [2.05, 4.69) is 15.9 Å². The number of hydrogen-bond donors (Lipinski definition) is 3. The summed E-state index contributed by atoms with van der Waals surface area (Å²) in [6, 6.07) is 1.01. The lowest BCUT2D eigenvalue weighted by Crippen LogP contribution is -2.33. The lowest BCUT2D eigenvalue weighted by molar-refractivity contribution is -0.143.